The van der Waals surface area contributed by atoms with Crippen molar-refractivity contribution in [3.8, 4) is 5.75 Å². The molecule has 7 nitrogen and oxygen atoms in total. The molecule has 0 bridgehead atoms. The van der Waals surface area contributed by atoms with Crippen LogP contribution in [0.3, 0.4) is 0 Å². The van der Waals surface area contributed by atoms with E-state index in [1.807, 2.05) is 13.1 Å². The lowest BCUT2D eigenvalue weighted by atomic mass is 10.1. The molecule has 24 heavy (non-hydrogen) atoms. The minimum absolute atomic E-state index is 0.136. The predicted molar refractivity (Wildman–Crippen MR) is 93.3 cm³/mol. The van der Waals surface area contributed by atoms with Crippen LogP contribution >= 0.6 is 0 Å². The van der Waals surface area contributed by atoms with Gasteiger partial charge in [-0.15, -0.1) is 0 Å². The molecule has 4 rings (SSSR count). The van der Waals surface area contributed by atoms with Gasteiger partial charge in [0.25, 0.3) is 0 Å². The summed E-state index contributed by atoms with van der Waals surface area (Å²) in [6, 6.07) is 6.18. The number of hydrogen-bond donors (Lipinski definition) is 1. The minimum Gasteiger partial charge on any atom is -0.486 e. The maximum atomic E-state index is 6.14. The van der Waals surface area contributed by atoms with E-state index in [4.69, 9.17) is 10.5 Å². The highest BCUT2D eigenvalue weighted by atomic mass is 16.5. The Hall–Kier alpha value is -2.83. The van der Waals surface area contributed by atoms with E-state index in [0.717, 1.165) is 41.0 Å². The SMILES string of the molecule is Cc1cccc(C)c1OC1CN(c2nc(N)c3cnn(C)c3n2)C1. The number of aryl methyl sites for hydroxylation is 3. The summed E-state index contributed by atoms with van der Waals surface area (Å²) in [6.07, 6.45) is 1.83. The third kappa shape index (κ3) is 2.33. The highest BCUT2D eigenvalue weighted by molar-refractivity contribution is 5.86. The van der Waals surface area contributed by atoms with Crippen molar-refractivity contribution < 1.29 is 4.74 Å². The Balaban J connectivity index is 1.51. The lowest BCUT2D eigenvalue weighted by molar-refractivity contribution is 0.164. The molecule has 124 valence electrons. The van der Waals surface area contributed by atoms with Gasteiger partial charge in [-0.3, -0.25) is 4.68 Å². The van der Waals surface area contributed by atoms with Gasteiger partial charge in [-0.2, -0.15) is 15.1 Å². The zero-order valence-corrected chi connectivity index (χ0v) is 14.0. The van der Waals surface area contributed by atoms with Gasteiger partial charge in [0.2, 0.25) is 5.95 Å². The molecule has 1 saturated heterocycles. The Kier molecular flexibility index (Phi) is 3.30. The smallest absolute Gasteiger partial charge is 0.229 e. The molecule has 0 unspecified atom stereocenters. The predicted octanol–water partition coefficient (Wildman–Crippen LogP) is 1.83. The number of nitrogens with zero attached hydrogens (tertiary/aromatic N) is 5. The van der Waals surface area contributed by atoms with Crippen LogP contribution in [0, 0.1) is 13.8 Å². The fourth-order valence-electron chi connectivity index (χ4n) is 3.00. The Labute approximate surface area is 140 Å². The molecule has 1 aliphatic heterocycles. The number of hydrogen-bond acceptors (Lipinski definition) is 6. The van der Waals surface area contributed by atoms with E-state index in [9.17, 15) is 0 Å². The zero-order chi connectivity index (χ0) is 16.8. The summed E-state index contributed by atoms with van der Waals surface area (Å²) in [7, 11) is 1.85. The number of nitrogen functional groups attached to an aromatic ring is 1. The average molecular weight is 324 g/mol. The molecule has 3 heterocycles. The quantitative estimate of drug-likeness (QED) is 0.791. The Morgan fingerprint density at radius 2 is 1.88 bits per heavy atom. The van der Waals surface area contributed by atoms with Crippen LogP contribution < -0.4 is 15.4 Å². The second kappa shape index (κ2) is 5.36. The molecule has 1 aromatic carbocycles. The minimum atomic E-state index is 0.136. The third-order valence-electron chi connectivity index (χ3n) is 4.43. The first-order valence-corrected chi connectivity index (χ1v) is 7.96. The van der Waals surface area contributed by atoms with E-state index < -0.39 is 0 Å². The molecule has 2 aromatic heterocycles. The van der Waals surface area contributed by atoms with Gasteiger partial charge in [0.05, 0.1) is 24.7 Å². The number of ether oxygens (including phenoxy) is 1. The van der Waals surface area contributed by atoms with E-state index in [2.05, 4.69) is 45.9 Å². The summed E-state index contributed by atoms with van der Waals surface area (Å²) in [5.74, 6) is 2.07. The van der Waals surface area contributed by atoms with Crippen molar-refractivity contribution in [1.82, 2.24) is 19.7 Å². The van der Waals surface area contributed by atoms with Gasteiger partial charge in [-0.25, -0.2) is 0 Å². The summed E-state index contributed by atoms with van der Waals surface area (Å²) in [6.45, 7) is 5.63. The number of anilines is 2. The maximum absolute atomic E-state index is 6.14. The molecule has 1 fully saturated rings. The first-order valence-electron chi connectivity index (χ1n) is 7.96. The van der Waals surface area contributed by atoms with Crippen molar-refractivity contribution in [2.75, 3.05) is 23.7 Å². The van der Waals surface area contributed by atoms with E-state index in [0.29, 0.717) is 11.8 Å². The van der Waals surface area contributed by atoms with Crippen LogP contribution in [-0.4, -0.2) is 38.9 Å². The number of para-hydroxylation sites is 1. The standard InChI is InChI=1S/C17H20N6O/c1-10-5-4-6-11(2)14(10)24-12-8-23(9-12)17-20-15(18)13-7-19-22(3)16(13)21-17/h4-7,12H,8-9H2,1-3H3,(H2,18,20,21). The van der Waals surface area contributed by atoms with Crippen LogP contribution in [0.5, 0.6) is 5.75 Å². The van der Waals surface area contributed by atoms with Crippen molar-refractivity contribution in [3.05, 3.63) is 35.5 Å². The molecule has 0 atom stereocenters. The van der Waals surface area contributed by atoms with Crippen molar-refractivity contribution >= 4 is 22.8 Å². The molecule has 0 spiro atoms. The number of nitrogens with two attached hydrogens (primary N) is 1. The summed E-state index contributed by atoms with van der Waals surface area (Å²) < 4.78 is 7.85. The monoisotopic (exact) mass is 324 g/mol. The van der Waals surface area contributed by atoms with Crippen LogP contribution in [-0.2, 0) is 7.05 Å². The molecule has 1 aliphatic rings. The molecule has 0 radical (unpaired) electrons. The Morgan fingerprint density at radius 1 is 1.17 bits per heavy atom. The summed E-state index contributed by atoms with van der Waals surface area (Å²) in [4.78, 5) is 11.0. The fraction of sp³-hybridized carbons (Fsp3) is 0.353. The number of benzene rings is 1. The van der Waals surface area contributed by atoms with E-state index in [-0.39, 0.29) is 6.10 Å². The summed E-state index contributed by atoms with van der Waals surface area (Å²) >= 11 is 0. The first-order chi connectivity index (χ1) is 11.5. The Bertz CT molecular complexity index is 893. The van der Waals surface area contributed by atoms with Crippen LogP contribution in [0.25, 0.3) is 11.0 Å². The largest absolute Gasteiger partial charge is 0.486 e. The number of fused-ring (bicyclic) bond motifs is 1. The second-order valence-electron chi connectivity index (χ2n) is 6.28. The van der Waals surface area contributed by atoms with Crippen LogP contribution in [0.4, 0.5) is 11.8 Å². The fourth-order valence-corrected chi connectivity index (χ4v) is 3.00. The van der Waals surface area contributed by atoms with Crippen molar-refractivity contribution in [2.45, 2.75) is 20.0 Å². The summed E-state index contributed by atoms with van der Waals surface area (Å²) in [5, 5.41) is 4.96. The zero-order valence-electron chi connectivity index (χ0n) is 14.0. The highest BCUT2D eigenvalue weighted by Crippen LogP contribution is 2.28. The molecule has 0 amide bonds. The van der Waals surface area contributed by atoms with Gasteiger partial charge in [-0.1, -0.05) is 18.2 Å². The van der Waals surface area contributed by atoms with Crippen LogP contribution in [0.15, 0.2) is 24.4 Å². The van der Waals surface area contributed by atoms with Gasteiger partial charge in [0.1, 0.15) is 17.7 Å². The third-order valence-corrected chi connectivity index (χ3v) is 4.43. The van der Waals surface area contributed by atoms with Gasteiger partial charge in [0.15, 0.2) is 5.65 Å². The maximum Gasteiger partial charge on any atom is 0.229 e. The Morgan fingerprint density at radius 3 is 2.58 bits per heavy atom. The molecule has 0 aliphatic carbocycles. The summed E-state index contributed by atoms with van der Waals surface area (Å²) in [5.41, 5.74) is 9.08. The van der Waals surface area contributed by atoms with Crippen LogP contribution in [0.2, 0.25) is 0 Å². The van der Waals surface area contributed by atoms with Crippen LogP contribution in [0.1, 0.15) is 11.1 Å². The molecule has 7 heteroatoms. The first kappa shape index (κ1) is 14.7. The van der Waals surface area contributed by atoms with Gasteiger partial charge in [0, 0.05) is 7.05 Å². The topological polar surface area (TPSA) is 82.1 Å². The highest BCUT2D eigenvalue weighted by Gasteiger charge is 2.31. The van der Waals surface area contributed by atoms with Crippen molar-refractivity contribution in [3.63, 3.8) is 0 Å². The molecule has 2 N–H and O–H groups in total. The molecular weight excluding hydrogens is 304 g/mol. The lowest BCUT2D eigenvalue weighted by Gasteiger charge is -2.39. The number of rotatable bonds is 3. The van der Waals surface area contributed by atoms with Gasteiger partial charge in [-0.05, 0) is 25.0 Å². The average Bonchev–Trinajstić information content (AvgIpc) is 2.87. The van der Waals surface area contributed by atoms with E-state index >= 15 is 0 Å². The second-order valence-corrected chi connectivity index (χ2v) is 6.28. The van der Waals surface area contributed by atoms with Crippen molar-refractivity contribution in [2.24, 2.45) is 7.05 Å². The van der Waals surface area contributed by atoms with Gasteiger partial charge >= 0.3 is 0 Å². The number of aromatic nitrogens is 4. The van der Waals surface area contributed by atoms with E-state index in [1.54, 1.807) is 10.9 Å². The van der Waals surface area contributed by atoms with E-state index in [1.165, 1.54) is 0 Å². The molecular formula is C17H20N6O. The molecule has 3 aromatic rings. The normalized spacial score (nSPS) is 14.9. The van der Waals surface area contributed by atoms with Crippen molar-refractivity contribution in [1.29, 1.82) is 0 Å². The lowest BCUT2D eigenvalue weighted by Crippen LogP contribution is -2.54. The van der Waals surface area contributed by atoms with Gasteiger partial charge < -0.3 is 15.4 Å². The molecule has 0 saturated carbocycles.